The minimum absolute atomic E-state index is 0.660. The summed E-state index contributed by atoms with van der Waals surface area (Å²) >= 11 is 0. The summed E-state index contributed by atoms with van der Waals surface area (Å²) < 4.78 is 20.1. The second-order valence-electron chi connectivity index (χ2n) is 11.1. The Balaban J connectivity index is 1.95. The Morgan fingerprint density at radius 1 is 0.825 bits per heavy atom. The van der Waals surface area contributed by atoms with Gasteiger partial charge in [0.05, 0.1) is 18.0 Å². The highest BCUT2D eigenvalue weighted by Gasteiger charge is 2.38. The average molecular weight is 531 g/mol. The predicted octanol–water partition coefficient (Wildman–Crippen LogP) is 8.85. The molecule has 0 unspecified atom stereocenters. The Kier molecular flexibility index (Phi) is 6.47. The highest BCUT2D eigenvalue weighted by atomic mass is 19.2. The summed E-state index contributed by atoms with van der Waals surface area (Å²) in [4.78, 5) is 0. The number of aromatic nitrogens is 2. The maximum absolute atomic E-state index is 15.6. The van der Waals surface area contributed by atoms with E-state index in [0.29, 0.717) is 12.8 Å². The monoisotopic (exact) mass is 530 g/mol. The zero-order chi connectivity index (χ0) is 28.2. The lowest BCUT2D eigenvalue weighted by molar-refractivity contribution is -0.643. The molecule has 2 aromatic heterocycles. The first-order chi connectivity index (χ1) is 19.3. The molecule has 0 bridgehead atoms. The summed E-state index contributed by atoms with van der Waals surface area (Å²) in [6, 6.07) is 28.2. The van der Waals surface area contributed by atoms with Crippen molar-refractivity contribution in [2.24, 2.45) is 7.05 Å². The molecule has 0 fully saturated rings. The van der Waals surface area contributed by atoms with E-state index in [0.717, 1.165) is 21.7 Å². The van der Waals surface area contributed by atoms with Crippen LogP contribution >= 0.6 is 0 Å². The normalized spacial score (nSPS) is 12.3. The number of hydrogen-bond donors (Lipinski definition) is 0. The summed E-state index contributed by atoms with van der Waals surface area (Å²) in [5.74, 6) is 0. The van der Waals surface area contributed by atoms with Gasteiger partial charge in [0.15, 0.2) is 0 Å². The van der Waals surface area contributed by atoms with Crippen molar-refractivity contribution in [2.45, 2.75) is 46.1 Å². The zero-order valence-corrected chi connectivity index (χ0v) is 24.3. The Morgan fingerprint density at radius 2 is 1.52 bits per heavy atom. The molecule has 0 N–H and O–H groups in total. The molecule has 0 radical (unpaired) electrons. The van der Waals surface area contributed by atoms with Gasteiger partial charge in [0.2, 0.25) is 0 Å². The fraction of sp³-hybridized carbons (Fsp3) is 0.250. The summed E-state index contributed by atoms with van der Waals surface area (Å²) in [5, 5.41) is 4.40. The van der Waals surface area contributed by atoms with Crippen LogP contribution in [0, 0.1) is 13.8 Å². The van der Waals surface area contributed by atoms with Gasteiger partial charge in [-0.05, 0) is 72.2 Å². The fourth-order valence-electron chi connectivity index (χ4n) is 6.86. The Morgan fingerprint density at radius 3 is 2.20 bits per heavy atom. The standard InChI is InChI=1S/C36H37FN3/c1-7-36(8-2,39(6)37)31-19-18-28(27-17-13-12-14-25(27)4)32-30-23-24(3)22-29(26-15-10-9-11-16-26)34(30)40-21-20-38(5)35(40)33(31)32/h9-23H,7-8H2,1-6H3/q+1. The van der Waals surface area contributed by atoms with E-state index in [4.69, 9.17) is 0 Å². The second-order valence-corrected chi connectivity index (χ2v) is 11.1. The lowest BCUT2D eigenvalue weighted by Gasteiger charge is -2.36. The molecule has 40 heavy (non-hydrogen) atoms. The van der Waals surface area contributed by atoms with Crippen molar-refractivity contribution in [1.82, 2.24) is 9.52 Å². The number of halogens is 1. The van der Waals surface area contributed by atoms with Crippen LogP contribution in [-0.2, 0) is 12.6 Å². The van der Waals surface area contributed by atoms with Crippen molar-refractivity contribution in [1.29, 1.82) is 0 Å². The number of benzene rings is 4. The lowest BCUT2D eigenvalue weighted by atomic mass is 9.79. The van der Waals surface area contributed by atoms with E-state index in [2.05, 4.69) is 135 Å². The Hall–Kier alpha value is -4.02. The van der Waals surface area contributed by atoms with Gasteiger partial charge in [0, 0.05) is 23.4 Å². The summed E-state index contributed by atoms with van der Waals surface area (Å²) in [6.45, 7) is 8.53. The third kappa shape index (κ3) is 3.77. The average Bonchev–Trinajstić information content (AvgIpc) is 3.35. The van der Waals surface area contributed by atoms with E-state index in [1.807, 2.05) is 0 Å². The van der Waals surface area contributed by atoms with Gasteiger partial charge in [-0.25, -0.2) is 4.57 Å². The number of hydrogen-bond acceptors (Lipinski definition) is 1. The third-order valence-corrected chi connectivity index (χ3v) is 8.98. The summed E-state index contributed by atoms with van der Waals surface area (Å²) in [5.41, 5.74) is 9.69. The van der Waals surface area contributed by atoms with Crippen molar-refractivity contribution in [3.63, 3.8) is 0 Å². The van der Waals surface area contributed by atoms with E-state index in [-0.39, 0.29) is 0 Å². The minimum atomic E-state index is -0.750. The molecule has 4 aromatic carbocycles. The molecule has 202 valence electrons. The highest BCUT2D eigenvalue weighted by molar-refractivity contribution is 6.21. The first-order valence-corrected chi connectivity index (χ1v) is 14.2. The Bertz CT molecular complexity index is 1880. The number of nitrogens with zero attached hydrogens (tertiary/aromatic N) is 3. The maximum Gasteiger partial charge on any atom is 0.294 e. The maximum atomic E-state index is 15.6. The van der Waals surface area contributed by atoms with Crippen LogP contribution in [0.2, 0.25) is 0 Å². The van der Waals surface area contributed by atoms with Crippen LogP contribution in [0.5, 0.6) is 0 Å². The quantitative estimate of drug-likeness (QED) is 0.119. The van der Waals surface area contributed by atoms with Crippen molar-refractivity contribution in [3.05, 3.63) is 108 Å². The molecular weight excluding hydrogens is 493 g/mol. The van der Waals surface area contributed by atoms with Gasteiger partial charge in [-0.3, -0.25) is 0 Å². The summed E-state index contributed by atoms with van der Waals surface area (Å²) in [7, 11) is 3.67. The molecule has 0 spiro atoms. The zero-order valence-electron chi connectivity index (χ0n) is 24.3. The van der Waals surface area contributed by atoms with E-state index in [1.54, 1.807) is 7.05 Å². The van der Waals surface area contributed by atoms with Crippen molar-refractivity contribution >= 4 is 27.3 Å². The topological polar surface area (TPSA) is 11.5 Å². The SMILES string of the molecule is CCC(CC)(c1ccc(-c2ccccc2C)c2c3cc(C)cc(-c4ccccc4)c3n3cc[n+](C)c3c12)N(C)F. The van der Waals surface area contributed by atoms with Gasteiger partial charge in [0.1, 0.15) is 17.9 Å². The minimum Gasteiger partial charge on any atom is -0.232 e. The number of pyridine rings is 1. The van der Waals surface area contributed by atoms with Crippen LogP contribution in [0.15, 0.2) is 91.3 Å². The van der Waals surface area contributed by atoms with E-state index in [9.17, 15) is 0 Å². The highest BCUT2D eigenvalue weighted by Crippen LogP contribution is 2.47. The molecule has 0 aliphatic rings. The molecule has 0 aliphatic carbocycles. The second kappa shape index (κ2) is 9.87. The Labute approximate surface area is 236 Å². The van der Waals surface area contributed by atoms with E-state index >= 15 is 4.48 Å². The molecule has 0 aliphatic heterocycles. The third-order valence-electron chi connectivity index (χ3n) is 8.98. The van der Waals surface area contributed by atoms with E-state index < -0.39 is 5.54 Å². The number of fused-ring (bicyclic) bond motifs is 6. The van der Waals surface area contributed by atoms with Crippen LogP contribution in [0.25, 0.3) is 49.6 Å². The lowest BCUT2D eigenvalue weighted by Crippen LogP contribution is -2.38. The van der Waals surface area contributed by atoms with Crippen LogP contribution in [0.3, 0.4) is 0 Å². The molecule has 0 saturated carbocycles. The van der Waals surface area contributed by atoms with Crippen molar-refractivity contribution in [2.75, 3.05) is 7.05 Å². The fourth-order valence-corrected chi connectivity index (χ4v) is 6.86. The van der Waals surface area contributed by atoms with Crippen LogP contribution < -0.4 is 4.57 Å². The molecule has 0 saturated heterocycles. The van der Waals surface area contributed by atoms with Gasteiger partial charge in [-0.1, -0.05) is 80.6 Å². The molecule has 0 amide bonds. The number of imidazole rings is 1. The smallest absolute Gasteiger partial charge is 0.232 e. The van der Waals surface area contributed by atoms with Gasteiger partial charge in [-0.2, -0.15) is 4.40 Å². The van der Waals surface area contributed by atoms with Crippen LogP contribution in [0.4, 0.5) is 4.48 Å². The first kappa shape index (κ1) is 26.2. The van der Waals surface area contributed by atoms with Crippen LogP contribution in [-0.4, -0.2) is 16.6 Å². The number of rotatable bonds is 6. The van der Waals surface area contributed by atoms with Gasteiger partial charge in [0.25, 0.3) is 5.65 Å². The number of aryl methyl sites for hydroxylation is 3. The largest absolute Gasteiger partial charge is 0.294 e. The van der Waals surface area contributed by atoms with Crippen molar-refractivity contribution < 1.29 is 9.05 Å². The van der Waals surface area contributed by atoms with Crippen molar-refractivity contribution in [3.8, 4) is 22.3 Å². The molecule has 4 heteroatoms. The van der Waals surface area contributed by atoms with E-state index in [1.165, 1.54) is 49.7 Å². The molecule has 6 rings (SSSR count). The first-order valence-electron chi connectivity index (χ1n) is 14.2. The van der Waals surface area contributed by atoms with Gasteiger partial charge < -0.3 is 0 Å². The van der Waals surface area contributed by atoms with Gasteiger partial charge in [-0.15, -0.1) is 9.60 Å². The summed E-state index contributed by atoms with van der Waals surface area (Å²) in [6.07, 6.45) is 5.59. The van der Waals surface area contributed by atoms with Crippen LogP contribution in [0.1, 0.15) is 43.4 Å². The molecule has 3 nitrogen and oxygen atoms in total. The molecule has 6 aromatic rings. The molecular formula is C36H37FN3+. The molecule has 2 heterocycles. The molecule has 0 atom stereocenters. The predicted molar refractivity (Wildman–Crippen MR) is 165 cm³/mol. The van der Waals surface area contributed by atoms with Gasteiger partial charge >= 0.3 is 0 Å².